The molecule has 1 heterocycles. The summed E-state index contributed by atoms with van der Waals surface area (Å²) in [6.07, 6.45) is 4.08. The van der Waals surface area contributed by atoms with E-state index >= 15 is 0 Å². The van der Waals surface area contributed by atoms with Crippen molar-refractivity contribution in [3.05, 3.63) is 42.2 Å². The van der Waals surface area contributed by atoms with Crippen molar-refractivity contribution < 1.29 is 9.90 Å². The molecule has 1 aliphatic rings. The number of aromatic nitrogens is 1. The van der Waals surface area contributed by atoms with E-state index in [-0.39, 0.29) is 12.6 Å². The molecular formula is C15H16N2O2. The average Bonchev–Trinajstić information content (AvgIpc) is 3.23. The summed E-state index contributed by atoms with van der Waals surface area (Å²) in [7, 11) is 0. The first-order valence-electron chi connectivity index (χ1n) is 6.54. The third kappa shape index (κ3) is 2.58. The number of pyridine rings is 1. The van der Waals surface area contributed by atoms with Crippen molar-refractivity contribution in [1.82, 2.24) is 10.3 Å². The van der Waals surface area contributed by atoms with Crippen LogP contribution in [0.1, 0.15) is 24.6 Å². The number of benzene rings is 1. The minimum atomic E-state index is -0.828. The molecule has 3 rings (SSSR count). The fourth-order valence-corrected chi connectivity index (χ4v) is 2.50. The van der Waals surface area contributed by atoms with Crippen molar-refractivity contribution in [2.24, 2.45) is 5.92 Å². The van der Waals surface area contributed by atoms with E-state index in [1.165, 1.54) is 0 Å². The summed E-state index contributed by atoms with van der Waals surface area (Å²) in [6, 6.07) is 10.1. The third-order valence-corrected chi connectivity index (χ3v) is 3.57. The Labute approximate surface area is 111 Å². The normalized spacial score (nSPS) is 16.4. The second-order valence-corrected chi connectivity index (χ2v) is 5.01. The first-order chi connectivity index (χ1) is 9.25. The Morgan fingerprint density at radius 1 is 1.37 bits per heavy atom. The molecule has 0 radical (unpaired) electrons. The molecule has 1 unspecified atom stereocenters. The Morgan fingerprint density at radius 3 is 2.89 bits per heavy atom. The van der Waals surface area contributed by atoms with Crippen LogP contribution >= 0.6 is 0 Å². The van der Waals surface area contributed by atoms with Gasteiger partial charge in [-0.2, -0.15) is 0 Å². The molecule has 1 aromatic carbocycles. The van der Waals surface area contributed by atoms with Gasteiger partial charge in [0.15, 0.2) is 0 Å². The van der Waals surface area contributed by atoms with Crippen LogP contribution in [-0.4, -0.2) is 22.6 Å². The van der Waals surface area contributed by atoms with Gasteiger partial charge in [0.05, 0.1) is 18.3 Å². The highest BCUT2D eigenvalue weighted by Gasteiger charge is 2.34. The van der Waals surface area contributed by atoms with Gasteiger partial charge in [-0.05, 0) is 30.2 Å². The number of nitrogens with one attached hydrogen (secondary N) is 1. The predicted molar refractivity (Wildman–Crippen MR) is 72.8 cm³/mol. The summed E-state index contributed by atoms with van der Waals surface area (Å²) in [5.41, 5.74) is 0.974. The van der Waals surface area contributed by atoms with Gasteiger partial charge in [0.1, 0.15) is 0 Å². The van der Waals surface area contributed by atoms with E-state index in [9.17, 15) is 4.79 Å². The summed E-state index contributed by atoms with van der Waals surface area (Å²) in [5.74, 6) is -0.316. The predicted octanol–water partition coefficient (Wildman–Crippen LogP) is 2.36. The van der Waals surface area contributed by atoms with Gasteiger partial charge in [0, 0.05) is 11.6 Å². The van der Waals surface area contributed by atoms with Gasteiger partial charge >= 0.3 is 5.97 Å². The smallest absolute Gasteiger partial charge is 0.317 e. The van der Waals surface area contributed by atoms with Gasteiger partial charge in [-0.1, -0.05) is 24.3 Å². The quantitative estimate of drug-likeness (QED) is 0.862. The molecular weight excluding hydrogens is 240 g/mol. The van der Waals surface area contributed by atoms with Crippen LogP contribution in [0, 0.1) is 5.92 Å². The molecule has 2 N–H and O–H groups in total. The van der Waals surface area contributed by atoms with Gasteiger partial charge in [-0.15, -0.1) is 0 Å². The molecule has 4 heteroatoms. The highest BCUT2D eigenvalue weighted by atomic mass is 16.4. The van der Waals surface area contributed by atoms with Crippen molar-refractivity contribution in [2.45, 2.75) is 18.9 Å². The first-order valence-corrected chi connectivity index (χ1v) is 6.54. The summed E-state index contributed by atoms with van der Waals surface area (Å²) < 4.78 is 0. The minimum absolute atomic E-state index is 0.0218. The molecule has 1 fully saturated rings. The zero-order valence-electron chi connectivity index (χ0n) is 10.5. The van der Waals surface area contributed by atoms with E-state index in [1.54, 1.807) is 6.20 Å². The first kappa shape index (κ1) is 12.1. The molecule has 1 saturated carbocycles. The molecule has 1 aliphatic carbocycles. The Balaban J connectivity index is 1.97. The maximum absolute atomic E-state index is 10.8. The van der Waals surface area contributed by atoms with Crippen LogP contribution in [0.3, 0.4) is 0 Å². The van der Waals surface area contributed by atoms with Crippen LogP contribution in [0.25, 0.3) is 10.8 Å². The molecule has 1 atom stereocenters. The molecule has 2 aromatic rings. The second kappa shape index (κ2) is 4.97. The highest BCUT2D eigenvalue weighted by molar-refractivity contribution is 5.84. The number of carboxylic acids is 1. The van der Waals surface area contributed by atoms with Crippen molar-refractivity contribution in [2.75, 3.05) is 6.54 Å². The third-order valence-electron chi connectivity index (χ3n) is 3.57. The van der Waals surface area contributed by atoms with Crippen LogP contribution in [0.15, 0.2) is 36.5 Å². The number of aliphatic carboxylic acids is 1. The van der Waals surface area contributed by atoms with Gasteiger partial charge in [-0.25, -0.2) is 0 Å². The molecule has 0 saturated heterocycles. The molecule has 98 valence electrons. The van der Waals surface area contributed by atoms with Crippen molar-refractivity contribution in [3.8, 4) is 0 Å². The topological polar surface area (TPSA) is 62.2 Å². The lowest BCUT2D eigenvalue weighted by molar-refractivity contribution is -0.136. The second-order valence-electron chi connectivity index (χ2n) is 5.01. The van der Waals surface area contributed by atoms with Crippen LogP contribution < -0.4 is 5.32 Å². The van der Waals surface area contributed by atoms with Crippen molar-refractivity contribution in [1.29, 1.82) is 0 Å². The molecule has 0 aliphatic heterocycles. The summed E-state index contributed by atoms with van der Waals surface area (Å²) in [6.45, 7) is -0.0218. The number of carboxylic acid groups (broad SMARTS) is 1. The zero-order valence-corrected chi connectivity index (χ0v) is 10.5. The molecule has 0 bridgehead atoms. The van der Waals surface area contributed by atoms with Crippen LogP contribution in [0.2, 0.25) is 0 Å². The fourth-order valence-electron chi connectivity index (χ4n) is 2.50. The molecule has 0 amide bonds. The number of carbonyl (C=O) groups is 1. The molecule has 4 nitrogen and oxygen atoms in total. The summed E-state index contributed by atoms with van der Waals surface area (Å²) in [5, 5.41) is 14.2. The fraction of sp³-hybridized carbons (Fsp3) is 0.333. The molecule has 19 heavy (non-hydrogen) atoms. The number of rotatable bonds is 5. The van der Waals surface area contributed by atoms with Crippen molar-refractivity contribution in [3.63, 3.8) is 0 Å². The number of fused-ring (bicyclic) bond motifs is 1. The van der Waals surface area contributed by atoms with Crippen LogP contribution in [-0.2, 0) is 4.79 Å². The molecule has 1 aromatic heterocycles. The van der Waals surface area contributed by atoms with E-state index in [0.717, 1.165) is 29.3 Å². The van der Waals surface area contributed by atoms with Gasteiger partial charge in [-0.3, -0.25) is 15.1 Å². The Bertz CT molecular complexity index is 603. The van der Waals surface area contributed by atoms with E-state index in [0.29, 0.717) is 5.92 Å². The largest absolute Gasteiger partial charge is 0.480 e. The Hall–Kier alpha value is -1.94. The van der Waals surface area contributed by atoms with E-state index in [4.69, 9.17) is 5.11 Å². The van der Waals surface area contributed by atoms with Gasteiger partial charge in [0.2, 0.25) is 0 Å². The van der Waals surface area contributed by atoms with Crippen LogP contribution in [0.4, 0.5) is 0 Å². The van der Waals surface area contributed by atoms with E-state index in [1.807, 2.05) is 18.2 Å². The minimum Gasteiger partial charge on any atom is -0.480 e. The monoisotopic (exact) mass is 256 g/mol. The molecule has 0 spiro atoms. The van der Waals surface area contributed by atoms with Crippen LogP contribution in [0.5, 0.6) is 0 Å². The average molecular weight is 256 g/mol. The Morgan fingerprint density at radius 2 is 2.16 bits per heavy atom. The Kier molecular flexibility index (Phi) is 3.17. The lowest BCUT2D eigenvalue weighted by atomic mass is 10.0. The summed E-state index contributed by atoms with van der Waals surface area (Å²) >= 11 is 0. The van der Waals surface area contributed by atoms with Gasteiger partial charge < -0.3 is 5.11 Å². The van der Waals surface area contributed by atoms with Gasteiger partial charge in [0.25, 0.3) is 0 Å². The SMILES string of the molecule is O=C(O)CNC(c1nccc2ccccc12)C1CC1. The van der Waals surface area contributed by atoms with E-state index in [2.05, 4.69) is 22.4 Å². The summed E-state index contributed by atoms with van der Waals surface area (Å²) in [4.78, 5) is 15.2. The maximum atomic E-state index is 10.8. The standard InChI is InChI=1S/C15H16N2O2/c18-13(19)9-17-14(11-5-6-11)15-12-4-2-1-3-10(12)7-8-16-15/h1-4,7-8,11,14,17H,5-6,9H2,(H,18,19). The lowest BCUT2D eigenvalue weighted by Crippen LogP contribution is -2.29. The zero-order chi connectivity index (χ0) is 13.2. The number of nitrogens with zero attached hydrogens (tertiary/aromatic N) is 1. The number of hydrogen-bond donors (Lipinski definition) is 2. The number of hydrogen-bond acceptors (Lipinski definition) is 3. The highest BCUT2D eigenvalue weighted by Crippen LogP contribution is 2.41. The van der Waals surface area contributed by atoms with Crippen molar-refractivity contribution >= 4 is 16.7 Å². The maximum Gasteiger partial charge on any atom is 0.317 e. The van der Waals surface area contributed by atoms with E-state index < -0.39 is 5.97 Å². The lowest BCUT2D eigenvalue weighted by Gasteiger charge is -2.18.